The minimum Gasteiger partial charge on any atom is -0.326 e. The number of rotatable bonds is 4. The minimum absolute atomic E-state index is 0.0550. The fourth-order valence-corrected chi connectivity index (χ4v) is 2.64. The summed E-state index contributed by atoms with van der Waals surface area (Å²) in [5, 5.41) is 5.64. The molecule has 0 saturated carbocycles. The molecule has 0 fully saturated rings. The fraction of sp³-hybridized carbons (Fsp3) is 0.0667. The molecule has 3 rings (SSSR count). The summed E-state index contributed by atoms with van der Waals surface area (Å²) in [5.74, 6) is -0.0550. The topological polar surface area (TPSA) is 46.9 Å². The lowest BCUT2D eigenvalue weighted by atomic mass is 10.3. The van der Waals surface area contributed by atoms with Gasteiger partial charge in [0.2, 0.25) is 5.91 Å². The van der Waals surface area contributed by atoms with Crippen molar-refractivity contribution in [3.63, 3.8) is 0 Å². The molecule has 0 unspecified atom stereocenters. The van der Waals surface area contributed by atoms with E-state index < -0.39 is 0 Å². The van der Waals surface area contributed by atoms with Crippen LogP contribution in [0.4, 0.5) is 5.69 Å². The molecular formula is C15H13N3OS. The molecule has 0 aliphatic heterocycles. The summed E-state index contributed by atoms with van der Waals surface area (Å²) in [7, 11) is 0. The molecule has 0 aliphatic rings. The van der Waals surface area contributed by atoms with Crippen molar-refractivity contribution in [1.29, 1.82) is 0 Å². The number of benzene rings is 1. The fourth-order valence-electron chi connectivity index (χ4n) is 1.85. The third-order valence-corrected chi connectivity index (χ3v) is 3.67. The maximum absolute atomic E-state index is 11.9. The van der Waals surface area contributed by atoms with Crippen LogP contribution in [0.2, 0.25) is 0 Å². The third-order valence-electron chi connectivity index (χ3n) is 2.76. The lowest BCUT2D eigenvalue weighted by Gasteiger charge is -2.03. The first-order valence-corrected chi connectivity index (χ1v) is 7.12. The van der Waals surface area contributed by atoms with E-state index in [0.717, 1.165) is 16.5 Å². The predicted molar refractivity (Wildman–Crippen MR) is 80.2 cm³/mol. The second-order valence-electron chi connectivity index (χ2n) is 4.30. The van der Waals surface area contributed by atoms with Crippen molar-refractivity contribution >= 4 is 22.9 Å². The first kappa shape index (κ1) is 12.6. The highest BCUT2D eigenvalue weighted by Gasteiger charge is 2.08. The number of aromatic nitrogens is 2. The van der Waals surface area contributed by atoms with Gasteiger partial charge in [-0.2, -0.15) is 0 Å². The summed E-state index contributed by atoms with van der Waals surface area (Å²) < 4.78 is 1.93. The van der Waals surface area contributed by atoms with E-state index in [1.165, 1.54) is 11.3 Å². The first-order valence-electron chi connectivity index (χ1n) is 6.24. The predicted octanol–water partition coefficient (Wildman–Crippen LogP) is 3.12. The normalized spacial score (nSPS) is 10.4. The summed E-state index contributed by atoms with van der Waals surface area (Å²) in [6.07, 6.45) is 4.16. The molecule has 0 radical (unpaired) electrons. The van der Waals surface area contributed by atoms with Gasteiger partial charge in [-0.15, -0.1) is 11.3 Å². The summed E-state index contributed by atoms with van der Waals surface area (Å²) in [6, 6.07) is 13.3. The Kier molecular flexibility index (Phi) is 3.60. The average Bonchev–Trinajstić information content (AvgIpc) is 3.10. The highest BCUT2D eigenvalue weighted by molar-refractivity contribution is 7.12. The van der Waals surface area contributed by atoms with Crippen LogP contribution in [0.3, 0.4) is 0 Å². The van der Waals surface area contributed by atoms with Crippen molar-refractivity contribution in [2.45, 2.75) is 6.42 Å². The largest absolute Gasteiger partial charge is 0.326 e. The van der Waals surface area contributed by atoms with Crippen LogP contribution in [0.5, 0.6) is 0 Å². The van der Waals surface area contributed by atoms with E-state index in [2.05, 4.69) is 10.3 Å². The number of carbonyl (C=O) groups excluding carboxylic acids is 1. The zero-order chi connectivity index (χ0) is 13.8. The van der Waals surface area contributed by atoms with E-state index >= 15 is 0 Å². The number of amides is 1. The Morgan fingerprint density at radius 1 is 1.15 bits per heavy atom. The van der Waals surface area contributed by atoms with E-state index in [4.69, 9.17) is 0 Å². The maximum atomic E-state index is 11.9. The van der Waals surface area contributed by atoms with Crippen LogP contribution in [0.1, 0.15) is 5.69 Å². The second kappa shape index (κ2) is 5.71. The van der Waals surface area contributed by atoms with E-state index in [9.17, 15) is 4.79 Å². The number of hydrogen-bond donors (Lipinski definition) is 1. The SMILES string of the molecule is O=C(Cc1csc(-n2cccc2)n1)Nc1ccccc1. The molecule has 0 bridgehead atoms. The van der Waals surface area contributed by atoms with Gasteiger partial charge >= 0.3 is 0 Å². The van der Waals surface area contributed by atoms with Gasteiger partial charge in [-0.3, -0.25) is 4.79 Å². The number of carbonyl (C=O) groups is 1. The van der Waals surface area contributed by atoms with E-state index in [1.54, 1.807) is 0 Å². The van der Waals surface area contributed by atoms with E-state index in [-0.39, 0.29) is 12.3 Å². The Balaban J connectivity index is 1.65. The van der Waals surface area contributed by atoms with Crippen LogP contribution in [0.25, 0.3) is 5.13 Å². The van der Waals surface area contributed by atoms with E-state index in [0.29, 0.717) is 0 Å². The molecule has 100 valence electrons. The molecule has 2 aromatic heterocycles. The van der Waals surface area contributed by atoms with Crippen molar-refractivity contribution in [3.05, 3.63) is 65.9 Å². The molecule has 1 aromatic carbocycles. The van der Waals surface area contributed by atoms with Crippen molar-refractivity contribution < 1.29 is 4.79 Å². The standard InChI is InChI=1S/C15H13N3OS/c19-14(16-12-6-2-1-3-7-12)10-13-11-20-15(17-13)18-8-4-5-9-18/h1-9,11H,10H2,(H,16,19). The number of nitrogens with one attached hydrogen (secondary N) is 1. The lowest BCUT2D eigenvalue weighted by Crippen LogP contribution is -2.14. The quantitative estimate of drug-likeness (QED) is 0.799. The molecule has 4 nitrogen and oxygen atoms in total. The number of anilines is 1. The lowest BCUT2D eigenvalue weighted by molar-refractivity contribution is -0.115. The van der Waals surface area contributed by atoms with Gasteiger partial charge in [0, 0.05) is 23.5 Å². The second-order valence-corrected chi connectivity index (χ2v) is 5.14. The number of para-hydroxylation sites is 1. The smallest absolute Gasteiger partial charge is 0.230 e. The summed E-state index contributed by atoms with van der Waals surface area (Å²) in [5.41, 5.74) is 1.59. The number of nitrogens with zero attached hydrogens (tertiary/aromatic N) is 2. The molecule has 5 heteroatoms. The molecule has 1 amide bonds. The van der Waals surface area contributed by atoms with Crippen molar-refractivity contribution in [1.82, 2.24) is 9.55 Å². The Hall–Kier alpha value is -2.40. The summed E-state index contributed by atoms with van der Waals surface area (Å²) in [6.45, 7) is 0. The monoisotopic (exact) mass is 283 g/mol. The molecule has 0 aliphatic carbocycles. The molecule has 0 saturated heterocycles. The first-order chi connectivity index (χ1) is 9.81. The Bertz CT molecular complexity index is 689. The van der Waals surface area contributed by atoms with Gasteiger partial charge in [0.15, 0.2) is 5.13 Å². The van der Waals surface area contributed by atoms with Crippen LogP contribution < -0.4 is 5.32 Å². The van der Waals surface area contributed by atoms with Crippen molar-refractivity contribution in [2.75, 3.05) is 5.32 Å². The zero-order valence-corrected chi connectivity index (χ0v) is 11.5. The molecule has 3 aromatic rings. The van der Waals surface area contributed by atoms with Crippen molar-refractivity contribution in [2.24, 2.45) is 0 Å². The molecule has 0 atom stereocenters. The Labute approximate surface area is 120 Å². The minimum atomic E-state index is -0.0550. The maximum Gasteiger partial charge on any atom is 0.230 e. The van der Waals surface area contributed by atoms with Crippen LogP contribution in [0.15, 0.2) is 60.2 Å². The number of thiazole rings is 1. The molecule has 2 heterocycles. The molecular weight excluding hydrogens is 270 g/mol. The van der Waals surface area contributed by atoms with Gasteiger partial charge in [0.25, 0.3) is 0 Å². The van der Waals surface area contributed by atoms with Gasteiger partial charge in [-0.1, -0.05) is 18.2 Å². The van der Waals surface area contributed by atoms with E-state index in [1.807, 2.05) is 64.8 Å². The number of hydrogen-bond acceptors (Lipinski definition) is 3. The van der Waals surface area contributed by atoms with Gasteiger partial charge in [-0.25, -0.2) is 4.98 Å². The van der Waals surface area contributed by atoms with Gasteiger partial charge in [-0.05, 0) is 24.3 Å². The molecule has 20 heavy (non-hydrogen) atoms. The average molecular weight is 283 g/mol. The Morgan fingerprint density at radius 3 is 2.65 bits per heavy atom. The van der Waals surface area contributed by atoms with Crippen LogP contribution in [-0.4, -0.2) is 15.5 Å². The Morgan fingerprint density at radius 2 is 1.90 bits per heavy atom. The molecule has 0 spiro atoms. The van der Waals surface area contributed by atoms with Crippen molar-refractivity contribution in [3.8, 4) is 5.13 Å². The van der Waals surface area contributed by atoms with Crippen LogP contribution in [-0.2, 0) is 11.2 Å². The molecule has 1 N–H and O–H groups in total. The van der Waals surface area contributed by atoms with Gasteiger partial charge in [0.05, 0.1) is 12.1 Å². The van der Waals surface area contributed by atoms with Gasteiger partial charge < -0.3 is 9.88 Å². The van der Waals surface area contributed by atoms with Crippen LogP contribution >= 0.6 is 11.3 Å². The van der Waals surface area contributed by atoms with Gasteiger partial charge in [0.1, 0.15) is 0 Å². The third kappa shape index (κ3) is 2.95. The summed E-state index contributed by atoms with van der Waals surface area (Å²) >= 11 is 1.53. The summed E-state index contributed by atoms with van der Waals surface area (Å²) in [4.78, 5) is 16.4. The highest BCUT2D eigenvalue weighted by Crippen LogP contribution is 2.16. The zero-order valence-electron chi connectivity index (χ0n) is 10.7. The highest BCUT2D eigenvalue weighted by atomic mass is 32.1. The van der Waals surface area contributed by atoms with Crippen LogP contribution in [0, 0.1) is 0 Å².